The number of carbonyl (C=O) groups excluding carboxylic acids is 2. The van der Waals surface area contributed by atoms with E-state index >= 15 is 0 Å². The fraction of sp³-hybridized carbons (Fsp3) is 0.467. The van der Waals surface area contributed by atoms with Gasteiger partial charge in [-0.2, -0.15) is 0 Å². The Bertz CT molecular complexity index is 501. The molecule has 0 heterocycles. The third-order valence-electron chi connectivity index (χ3n) is 2.67. The van der Waals surface area contributed by atoms with Crippen molar-refractivity contribution < 1.29 is 14.3 Å². The molecule has 0 aliphatic heterocycles. The van der Waals surface area contributed by atoms with Crippen LogP contribution in [-0.4, -0.2) is 31.0 Å². The van der Waals surface area contributed by atoms with E-state index in [1.54, 1.807) is 18.2 Å². The Balaban J connectivity index is 2.62. The van der Waals surface area contributed by atoms with E-state index in [2.05, 4.69) is 10.6 Å². The fourth-order valence-electron chi connectivity index (χ4n) is 1.84. The molecule has 0 unspecified atom stereocenters. The number of hydrogen-bond donors (Lipinski definition) is 3. The number of amides is 2. The van der Waals surface area contributed by atoms with Gasteiger partial charge in [0, 0.05) is 24.7 Å². The average Bonchev–Trinajstić information content (AvgIpc) is 2.38. The first-order chi connectivity index (χ1) is 9.95. The highest BCUT2D eigenvalue weighted by Crippen LogP contribution is 2.24. The van der Waals surface area contributed by atoms with Gasteiger partial charge in [0.15, 0.2) is 0 Å². The molecule has 6 heteroatoms. The molecule has 0 aromatic heterocycles. The number of nitrogens with two attached hydrogens (primary N) is 1. The molecule has 0 radical (unpaired) electrons. The lowest BCUT2D eigenvalue weighted by molar-refractivity contribution is -0.121. The summed E-state index contributed by atoms with van der Waals surface area (Å²) in [5, 5.41) is 5.44. The van der Waals surface area contributed by atoms with E-state index in [4.69, 9.17) is 10.5 Å². The van der Waals surface area contributed by atoms with Gasteiger partial charge in [0.25, 0.3) is 5.91 Å². The quantitative estimate of drug-likeness (QED) is 0.661. The molecular formula is C15H23N3O3. The van der Waals surface area contributed by atoms with Crippen LogP contribution in [0.3, 0.4) is 0 Å². The summed E-state index contributed by atoms with van der Waals surface area (Å²) in [6.45, 7) is 6.30. The maximum absolute atomic E-state index is 12.2. The van der Waals surface area contributed by atoms with Crippen LogP contribution in [0.5, 0.6) is 5.75 Å². The Morgan fingerprint density at radius 1 is 1.33 bits per heavy atom. The average molecular weight is 293 g/mol. The summed E-state index contributed by atoms with van der Waals surface area (Å²) in [5.41, 5.74) is 6.49. The lowest BCUT2D eigenvalue weighted by Crippen LogP contribution is -2.34. The molecule has 116 valence electrons. The summed E-state index contributed by atoms with van der Waals surface area (Å²) in [6, 6.07) is 5.15. The standard InChI is InChI=1S/C15H23N3O3/c1-4-21-12-7-5-6-11(16)14(12)15(20)17-9-8-13(19)18-10(2)3/h5-7,10H,4,8-9,16H2,1-3H3,(H,17,20)(H,18,19). The monoisotopic (exact) mass is 293 g/mol. The summed E-state index contributed by atoms with van der Waals surface area (Å²) in [5.74, 6) is 0.00638. The molecule has 1 aromatic carbocycles. The van der Waals surface area contributed by atoms with Crippen molar-refractivity contribution in [1.82, 2.24) is 10.6 Å². The van der Waals surface area contributed by atoms with Crippen LogP contribution in [0, 0.1) is 0 Å². The minimum absolute atomic E-state index is 0.0857. The summed E-state index contributed by atoms with van der Waals surface area (Å²) in [6.07, 6.45) is 0.223. The van der Waals surface area contributed by atoms with E-state index < -0.39 is 0 Å². The number of ether oxygens (including phenoxy) is 1. The maximum atomic E-state index is 12.2. The fourth-order valence-corrected chi connectivity index (χ4v) is 1.84. The summed E-state index contributed by atoms with van der Waals surface area (Å²) in [4.78, 5) is 23.7. The zero-order valence-electron chi connectivity index (χ0n) is 12.7. The zero-order chi connectivity index (χ0) is 15.8. The van der Waals surface area contributed by atoms with Crippen molar-refractivity contribution >= 4 is 17.5 Å². The van der Waals surface area contributed by atoms with Crippen molar-refractivity contribution in [3.63, 3.8) is 0 Å². The second-order valence-corrected chi connectivity index (χ2v) is 4.88. The van der Waals surface area contributed by atoms with Gasteiger partial charge in [-0.05, 0) is 32.9 Å². The number of nitrogen functional groups attached to an aromatic ring is 1. The number of carbonyl (C=O) groups is 2. The predicted molar refractivity (Wildman–Crippen MR) is 82.3 cm³/mol. The van der Waals surface area contributed by atoms with E-state index in [-0.39, 0.29) is 30.8 Å². The number of anilines is 1. The molecule has 0 aliphatic carbocycles. The molecule has 0 saturated heterocycles. The molecule has 0 bridgehead atoms. The Labute approximate surface area is 125 Å². The van der Waals surface area contributed by atoms with Gasteiger partial charge < -0.3 is 21.1 Å². The van der Waals surface area contributed by atoms with Gasteiger partial charge in [0.1, 0.15) is 11.3 Å². The van der Waals surface area contributed by atoms with E-state index in [0.29, 0.717) is 23.6 Å². The normalized spacial score (nSPS) is 10.3. The number of benzene rings is 1. The second kappa shape index (κ2) is 8.14. The molecule has 4 N–H and O–H groups in total. The van der Waals surface area contributed by atoms with Gasteiger partial charge in [-0.25, -0.2) is 0 Å². The number of rotatable bonds is 7. The minimum Gasteiger partial charge on any atom is -0.493 e. The lowest BCUT2D eigenvalue weighted by Gasteiger charge is -2.13. The van der Waals surface area contributed by atoms with Gasteiger partial charge in [-0.1, -0.05) is 6.07 Å². The Morgan fingerprint density at radius 2 is 2.05 bits per heavy atom. The van der Waals surface area contributed by atoms with Gasteiger partial charge in [-0.3, -0.25) is 9.59 Å². The molecular weight excluding hydrogens is 270 g/mol. The summed E-state index contributed by atoms with van der Waals surface area (Å²) >= 11 is 0. The van der Waals surface area contributed by atoms with E-state index in [9.17, 15) is 9.59 Å². The van der Waals surface area contributed by atoms with Crippen molar-refractivity contribution in [1.29, 1.82) is 0 Å². The molecule has 2 amide bonds. The van der Waals surface area contributed by atoms with Crippen LogP contribution in [0.1, 0.15) is 37.6 Å². The molecule has 21 heavy (non-hydrogen) atoms. The minimum atomic E-state index is -0.339. The number of hydrogen-bond acceptors (Lipinski definition) is 4. The van der Waals surface area contributed by atoms with Crippen molar-refractivity contribution in [3.05, 3.63) is 23.8 Å². The molecule has 1 aromatic rings. The van der Waals surface area contributed by atoms with Crippen molar-refractivity contribution in [2.75, 3.05) is 18.9 Å². The zero-order valence-corrected chi connectivity index (χ0v) is 12.7. The summed E-state index contributed by atoms with van der Waals surface area (Å²) in [7, 11) is 0. The molecule has 1 rings (SSSR count). The van der Waals surface area contributed by atoms with Crippen LogP contribution in [-0.2, 0) is 4.79 Å². The third-order valence-corrected chi connectivity index (χ3v) is 2.67. The predicted octanol–water partition coefficient (Wildman–Crippen LogP) is 1.31. The van der Waals surface area contributed by atoms with Gasteiger partial charge in [-0.15, -0.1) is 0 Å². The topological polar surface area (TPSA) is 93.4 Å². The van der Waals surface area contributed by atoms with Crippen LogP contribution >= 0.6 is 0 Å². The van der Waals surface area contributed by atoms with Gasteiger partial charge >= 0.3 is 0 Å². The van der Waals surface area contributed by atoms with Crippen LogP contribution in [0.2, 0.25) is 0 Å². The van der Waals surface area contributed by atoms with Crippen molar-refractivity contribution in [2.45, 2.75) is 33.2 Å². The number of nitrogens with one attached hydrogen (secondary N) is 2. The highest BCUT2D eigenvalue weighted by atomic mass is 16.5. The van der Waals surface area contributed by atoms with Crippen LogP contribution < -0.4 is 21.1 Å². The Kier molecular flexibility index (Phi) is 6.52. The first-order valence-corrected chi connectivity index (χ1v) is 7.04. The first-order valence-electron chi connectivity index (χ1n) is 7.04. The molecule has 0 atom stereocenters. The molecule has 0 fully saturated rings. The molecule has 0 spiro atoms. The smallest absolute Gasteiger partial charge is 0.257 e. The molecule has 6 nitrogen and oxygen atoms in total. The highest BCUT2D eigenvalue weighted by Gasteiger charge is 2.16. The van der Waals surface area contributed by atoms with Crippen LogP contribution in [0.15, 0.2) is 18.2 Å². The second-order valence-electron chi connectivity index (χ2n) is 4.88. The summed E-state index contributed by atoms with van der Waals surface area (Å²) < 4.78 is 5.40. The maximum Gasteiger partial charge on any atom is 0.257 e. The SMILES string of the molecule is CCOc1cccc(N)c1C(=O)NCCC(=O)NC(C)C. The van der Waals surface area contributed by atoms with E-state index in [0.717, 1.165) is 0 Å². The van der Waals surface area contributed by atoms with E-state index in [1.165, 1.54) is 0 Å². The highest BCUT2D eigenvalue weighted by molar-refractivity contribution is 6.02. The van der Waals surface area contributed by atoms with Crippen molar-refractivity contribution in [3.8, 4) is 5.75 Å². The Hall–Kier alpha value is -2.24. The Morgan fingerprint density at radius 3 is 2.67 bits per heavy atom. The third kappa shape index (κ3) is 5.33. The molecule has 0 aliphatic rings. The largest absolute Gasteiger partial charge is 0.493 e. The van der Waals surface area contributed by atoms with Crippen LogP contribution in [0.25, 0.3) is 0 Å². The van der Waals surface area contributed by atoms with Gasteiger partial charge in [0.05, 0.1) is 6.61 Å². The van der Waals surface area contributed by atoms with Gasteiger partial charge in [0.2, 0.25) is 5.91 Å². The van der Waals surface area contributed by atoms with Crippen molar-refractivity contribution in [2.24, 2.45) is 0 Å². The molecule has 0 saturated carbocycles. The van der Waals surface area contributed by atoms with Crippen LogP contribution in [0.4, 0.5) is 5.69 Å². The first kappa shape index (κ1) is 16.8. The van der Waals surface area contributed by atoms with E-state index in [1.807, 2.05) is 20.8 Å². The lowest BCUT2D eigenvalue weighted by atomic mass is 10.1.